The molecule has 0 unspecified atom stereocenters. The average molecular weight is 312 g/mol. The molecule has 1 heterocycles. The molecule has 0 radical (unpaired) electrons. The second-order valence-corrected chi connectivity index (χ2v) is 8.07. The summed E-state index contributed by atoms with van der Waals surface area (Å²) in [7, 11) is 0. The fourth-order valence-electron chi connectivity index (χ4n) is 4.32. The van der Waals surface area contributed by atoms with Crippen LogP contribution in [0.3, 0.4) is 0 Å². The summed E-state index contributed by atoms with van der Waals surface area (Å²) >= 11 is 0. The van der Waals surface area contributed by atoms with Crippen LogP contribution in [0.2, 0.25) is 0 Å². The highest BCUT2D eigenvalue weighted by atomic mass is 15.1. The summed E-state index contributed by atoms with van der Waals surface area (Å²) in [5, 5.41) is 0. The fraction of sp³-hybridized carbons (Fsp3) is 0.636. The molecule has 0 N–H and O–H groups in total. The molecular formula is C22H33N. The number of hydrogen-bond acceptors (Lipinski definition) is 1. The molecule has 1 fully saturated rings. The molecule has 1 saturated carbocycles. The van der Waals surface area contributed by atoms with Gasteiger partial charge < -0.3 is 0 Å². The zero-order chi connectivity index (χ0) is 16.2. The van der Waals surface area contributed by atoms with Crippen LogP contribution in [0.1, 0.15) is 62.1 Å². The van der Waals surface area contributed by atoms with Crippen LogP contribution in [0.15, 0.2) is 24.3 Å². The van der Waals surface area contributed by atoms with Crippen LogP contribution in [0.4, 0.5) is 0 Å². The van der Waals surface area contributed by atoms with Crippen LogP contribution in [0.25, 0.3) is 5.57 Å². The zero-order valence-corrected chi connectivity index (χ0v) is 15.3. The summed E-state index contributed by atoms with van der Waals surface area (Å²) in [6.45, 7) is 10.5. The highest BCUT2D eigenvalue weighted by Crippen LogP contribution is 2.31. The lowest BCUT2D eigenvalue weighted by Crippen LogP contribution is -2.31. The van der Waals surface area contributed by atoms with Gasteiger partial charge in [-0.25, -0.2) is 0 Å². The van der Waals surface area contributed by atoms with Crippen molar-refractivity contribution in [2.24, 2.45) is 11.8 Å². The lowest BCUT2D eigenvalue weighted by molar-refractivity contribution is 0.227. The molecule has 1 nitrogen and oxygen atoms in total. The van der Waals surface area contributed by atoms with Crippen LogP contribution in [0.5, 0.6) is 0 Å². The van der Waals surface area contributed by atoms with E-state index in [0.717, 1.165) is 18.4 Å². The molecule has 1 aliphatic heterocycles. The summed E-state index contributed by atoms with van der Waals surface area (Å²) in [5.74, 6) is 1.97. The minimum atomic E-state index is 0.976. The predicted octanol–water partition coefficient (Wildman–Crippen LogP) is 5.61. The van der Waals surface area contributed by atoms with Gasteiger partial charge in [-0.2, -0.15) is 0 Å². The first-order valence-electron chi connectivity index (χ1n) is 9.60. The summed E-state index contributed by atoms with van der Waals surface area (Å²) in [5.41, 5.74) is 5.77. The van der Waals surface area contributed by atoms with Gasteiger partial charge in [0.25, 0.3) is 0 Å². The molecular weight excluding hydrogens is 278 g/mol. The number of benzene rings is 1. The lowest BCUT2D eigenvalue weighted by atomic mass is 9.81. The predicted molar refractivity (Wildman–Crippen MR) is 101 cm³/mol. The Balaban J connectivity index is 1.50. The quantitative estimate of drug-likeness (QED) is 0.698. The summed E-state index contributed by atoms with van der Waals surface area (Å²) in [6, 6.07) is 6.96. The Morgan fingerprint density at radius 2 is 1.70 bits per heavy atom. The molecule has 3 rings (SSSR count). The normalized spacial score (nSPS) is 26.1. The lowest BCUT2D eigenvalue weighted by Gasteiger charge is -2.30. The van der Waals surface area contributed by atoms with Crippen LogP contribution in [-0.2, 0) is 0 Å². The average Bonchev–Trinajstić information content (AvgIpc) is 2.54. The van der Waals surface area contributed by atoms with E-state index in [0.29, 0.717) is 0 Å². The first-order valence-corrected chi connectivity index (χ1v) is 9.60. The van der Waals surface area contributed by atoms with Crippen LogP contribution < -0.4 is 0 Å². The van der Waals surface area contributed by atoms with Gasteiger partial charge in [0.15, 0.2) is 0 Å². The molecule has 1 heteroatoms. The van der Waals surface area contributed by atoms with E-state index in [1.807, 2.05) is 0 Å². The molecule has 0 aromatic heterocycles. The van der Waals surface area contributed by atoms with Crippen molar-refractivity contribution in [1.82, 2.24) is 4.90 Å². The Kier molecular flexibility index (Phi) is 5.58. The van der Waals surface area contributed by atoms with E-state index in [-0.39, 0.29) is 0 Å². The van der Waals surface area contributed by atoms with E-state index >= 15 is 0 Å². The molecule has 23 heavy (non-hydrogen) atoms. The van der Waals surface area contributed by atoms with E-state index in [1.165, 1.54) is 68.3 Å². The number of aryl methyl sites for hydroxylation is 2. The van der Waals surface area contributed by atoms with Gasteiger partial charge in [-0.05, 0) is 56.2 Å². The van der Waals surface area contributed by atoms with Crippen molar-refractivity contribution in [3.8, 4) is 0 Å². The van der Waals surface area contributed by atoms with E-state index in [9.17, 15) is 0 Å². The van der Waals surface area contributed by atoms with Gasteiger partial charge in [0, 0.05) is 13.1 Å². The van der Waals surface area contributed by atoms with Gasteiger partial charge in [0.2, 0.25) is 0 Å². The summed E-state index contributed by atoms with van der Waals surface area (Å²) < 4.78 is 0. The number of nitrogens with zero attached hydrogens (tertiary/aromatic N) is 1. The van der Waals surface area contributed by atoms with Gasteiger partial charge in [0.05, 0.1) is 0 Å². The van der Waals surface area contributed by atoms with Crippen molar-refractivity contribution in [2.45, 2.75) is 59.3 Å². The smallest absolute Gasteiger partial charge is 0.0169 e. The largest absolute Gasteiger partial charge is 0.299 e. The zero-order valence-electron chi connectivity index (χ0n) is 15.3. The monoisotopic (exact) mass is 311 g/mol. The molecule has 0 bridgehead atoms. The van der Waals surface area contributed by atoms with Crippen LogP contribution >= 0.6 is 0 Å². The Bertz CT molecular complexity index is 529. The van der Waals surface area contributed by atoms with Crippen molar-refractivity contribution < 1.29 is 0 Å². The highest BCUT2D eigenvalue weighted by molar-refractivity contribution is 5.67. The molecule has 1 aromatic rings. The topological polar surface area (TPSA) is 3.24 Å². The molecule has 2 aliphatic rings. The second kappa shape index (κ2) is 7.66. The maximum absolute atomic E-state index is 2.66. The number of rotatable bonds is 4. The van der Waals surface area contributed by atoms with E-state index in [4.69, 9.17) is 0 Å². The van der Waals surface area contributed by atoms with E-state index in [2.05, 4.69) is 49.9 Å². The Morgan fingerprint density at radius 1 is 1.00 bits per heavy atom. The third-order valence-electron chi connectivity index (χ3n) is 5.87. The molecule has 0 amide bonds. The van der Waals surface area contributed by atoms with Crippen molar-refractivity contribution in [3.05, 3.63) is 41.0 Å². The van der Waals surface area contributed by atoms with Crippen molar-refractivity contribution in [1.29, 1.82) is 0 Å². The van der Waals surface area contributed by atoms with Crippen LogP contribution in [-0.4, -0.2) is 24.5 Å². The molecule has 1 aliphatic carbocycles. The highest BCUT2D eigenvalue weighted by Gasteiger charge is 2.20. The first kappa shape index (κ1) is 16.8. The van der Waals surface area contributed by atoms with Gasteiger partial charge >= 0.3 is 0 Å². The van der Waals surface area contributed by atoms with Crippen LogP contribution in [0, 0.1) is 25.7 Å². The third kappa shape index (κ3) is 4.70. The molecule has 0 atom stereocenters. The van der Waals surface area contributed by atoms with Crippen molar-refractivity contribution in [2.75, 3.05) is 19.6 Å². The Morgan fingerprint density at radius 3 is 2.30 bits per heavy atom. The maximum Gasteiger partial charge on any atom is 0.0169 e. The molecule has 1 aromatic carbocycles. The summed E-state index contributed by atoms with van der Waals surface area (Å²) in [6.07, 6.45) is 11.0. The molecule has 0 spiro atoms. The van der Waals surface area contributed by atoms with Gasteiger partial charge in [-0.1, -0.05) is 68.0 Å². The summed E-state index contributed by atoms with van der Waals surface area (Å²) in [4.78, 5) is 2.66. The van der Waals surface area contributed by atoms with Crippen molar-refractivity contribution >= 4 is 5.57 Å². The van der Waals surface area contributed by atoms with Gasteiger partial charge in [-0.15, -0.1) is 0 Å². The molecule has 126 valence electrons. The Labute approximate surface area is 142 Å². The maximum atomic E-state index is 2.66. The minimum Gasteiger partial charge on any atom is -0.299 e. The number of hydrogen-bond donors (Lipinski definition) is 0. The molecule has 0 saturated heterocycles. The van der Waals surface area contributed by atoms with E-state index < -0.39 is 0 Å². The first-order chi connectivity index (χ1) is 11.1. The van der Waals surface area contributed by atoms with Gasteiger partial charge in [-0.3, -0.25) is 4.90 Å². The minimum absolute atomic E-state index is 0.976. The standard InChI is InChI=1S/C22H33N/c1-17-4-6-20(7-5-17)8-11-23-12-9-21(10-13-23)22-15-18(2)14-19(3)16-22/h9,14-17,20H,4-8,10-13H2,1-3H3. The van der Waals surface area contributed by atoms with E-state index in [1.54, 1.807) is 5.57 Å². The SMILES string of the molecule is Cc1cc(C)cc(C2=CCN(CCC3CCC(C)CC3)CC2)c1. The fourth-order valence-corrected chi connectivity index (χ4v) is 4.32. The van der Waals surface area contributed by atoms with Gasteiger partial charge in [0.1, 0.15) is 0 Å². The Hall–Kier alpha value is -1.08. The second-order valence-electron chi connectivity index (χ2n) is 8.07. The van der Waals surface area contributed by atoms with Crippen molar-refractivity contribution in [3.63, 3.8) is 0 Å². The third-order valence-corrected chi connectivity index (χ3v) is 5.87.